The number of benzene rings is 3. The predicted octanol–water partition coefficient (Wildman–Crippen LogP) is 7.17. The summed E-state index contributed by atoms with van der Waals surface area (Å²) in [5.41, 5.74) is 5.51. The quantitative estimate of drug-likeness (QED) is 0.295. The van der Waals surface area contributed by atoms with Crippen LogP contribution in [0.2, 0.25) is 0 Å². The van der Waals surface area contributed by atoms with E-state index in [1.54, 1.807) is 63.8 Å². The van der Waals surface area contributed by atoms with Gasteiger partial charge in [-0.05, 0) is 106 Å². The maximum absolute atomic E-state index is 15.6. The Labute approximate surface area is 251 Å². The lowest BCUT2D eigenvalue weighted by Crippen LogP contribution is -2.29. The molecule has 0 spiro atoms. The molecule has 0 aromatic heterocycles. The third-order valence-corrected chi connectivity index (χ3v) is 8.22. The largest absolute Gasteiger partial charge is 0.490 e. The number of ketones is 1. The number of anilines is 1. The van der Waals surface area contributed by atoms with Crippen molar-refractivity contribution in [3.05, 3.63) is 81.2 Å². The standard InChI is InChI=1S/C35H38FNO6/c1-7-28(38)21-10-12-22(13-11-21)33(39)37-15-14-24-27(37)17-19(2)29(32(34(40)41)43-35(4,5)6)30(24)25-18-26(36)31-23(20(25)3)9-8-16-42-31/h10-13,17-18,32H,7-9,14-16H2,1-6H3,(H,40,41)/t32-/m0/s1. The number of carboxylic acids is 1. The minimum atomic E-state index is -1.32. The third kappa shape index (κ3) is 5.68. The van der Waals surface area contributed by atoms with Crippen LogP contribution < -0.4 is 9.64 Å². The Morgan fingerprint density at radius 3 is 2.35 bits per heavy atom. The molecule has 43 heavy (non-hydrogen) atoms. The van der Waals surface area contributed by atoms with Crippen LogP contribution in [0.15, 0.2) is 36.4 Å². The molecule has 0 fully saturated rings. The van der Waals surface area contributed by atoms with Crippen LogP contribution >= 0.6 is 0 Å². The Kier molecular flexibility index (Phi) is 8.18. The molecular formula is C35H38FNO6. The smallest absolute Gasteiger partial charge is 0.337 e. The molecule has 0 radical (unpaired) electrons. The number of carboxylic acid groups (broad SMARTS) is 1. The zero-order valence-corrected chi connectivity index (χ0v) is 25.6. The summed E-state index contributed by atoms with van der Waals surface area (Å²) in [6.07, 6.45) is 0.917. The first-order chi connectivity index (χ1) is 20.3. The normalized spacial score (nSPS) is 15.0. The maximum atomic E-state index is 15.6. The third-order valence-electron chi connectivity index (χ3n) is 8.22. The molecule has 3 aromatic carbocycles. The molecule has 3 aromatic rings. The Balaban J connectivity index is 1.71. The number of Topliss-reactive ketones (excluding diaryl/α,β-unsaturated/α-hetero) is 1. The van der Waals surface area contributed by atoms with Crippen molar-refractivity contribution in [1.82, 2.24) is 0 Å². The fraction of sp³-hybridized carbons (Fsp3) is 0.400. The van der Waals surface area contributed by atoms with Crippen LogP contribution in [0.5, 0.6) is 5.75 Å². The highest BCUT2D eigenvalue weighted by atomic mass is 19.1. The van der Waals surface area contributed by atoms with Gasteiger partial charge in [-0.2, -0.15) is 0 Å². The van der Waals surface area contributed by atoms with Gasteiger partial charge in [0.15, 0.2) is 23.5 Å². The Hall–Kier alpha value is -4.04. The Bertz CT molecular complexity index is 1620. The van der Waals surface area contributed by atoms with Crippen molar-refractivity contribution < 1.29 is 33.4 Å². The van der Waals surface area contributed by atoms with Crippen molar-refractivity contribution in [3.8, 4) is 16.9 Å². The number of rotatable bonds is 7. The van der Waals surface area contributed by atoms with Gasteiger partial charge in [0.05, 0.1) is 12.2 Å². The number of hydrogen-bond acceptors (Lipinski definition) is 5. The first-order valence-electron chi connectivity index (χ1n) is 14.8. The van der Waals surface area contributed by atoms with Gasteiger partial charge in [-0.25, -0.2) is 9.18 Å². The second kappa shape index (κ2) is 11.6. The van der Waals surface area contributed by atoms with Crippen molar-refractivity contribution in [1.29, 1.82) is 0 Å². The summed E-state index contributed by atoms with van der Waals surface area (Å²) in [6, 6.07) is 9.92. The predicted molar refractivity (Wildman–Crippen MR) is 163 cm³/mol. The second-order valence-electron chi connectivity index (χ2n) is 12.3. The number of fused-ring (bicyclic) bond motifs is 2. The molecule has 0 saturated carbocycles. The number of carbonyl (C=O) groups excluding carboxylic acids is 2. The van der Waals surface area contributed by atoms with E-state index in [1.165, 1.54) is 6.07 Å². The number of ether oxygens (including phenoxy) is 2. The summed E-state index contributed by atoms with van der Waals surface area (Å²) in [6.45, 7) is 11.7. The molecule has 7 nitrogen and oxygen atoms in total. The van der Waals surface area contributed by atoms with Gasteiger partial charge in [0.2, 0.25) is 0 Å². The minimum absolute atomic E-state index is 0.00169. The zero-order chi connectivity index (χ0) is 31.2. The monoisotopic (exact) mass is 587 g/mol. The highest BCUT2D eigenvalue weighted by molar-refractivity contribution is 6.09. The van der Waals surface area contributed by atoms with Gasteiger partial charge < -0.3 is 19.5 Å². The number of hydrogen-bond donors (Lipinski definition) is 1. The first-order valence-corrected chi connectivity index (χ1v) is 14.8. The first kappa shape index (κ1) is 30.4. The number of aryl methyl sites for hydroxylation is 1. The minimum Gasteiger partial charge on any atom is -0.490 e. The van der Waals surface area contributed by atoms with E-state index < -0.39 is 23.5 Å². The zero-order valence-electron chi connectivity index (χ0n) is 25.6. The molecule has 1 amide bonds. The van der Waals surface area contributed by atoms with Crippen molar-refractivity contribution in [2.45, 2.75) is 78.9 Å². The van der Waals surface area contributed by atoms with E-state index >= 15 is 4.39 Å². The van der Waals surface area contributed by atoms with Crippen LogP contribution in [-0.2, 0) is 22.4 Å². The van der Waals surface area contributed by atoms with E-state index in [1.807, 2.05) is 13.0 Å². The van der Waals surface area contributed by atoms with E-state index in [2.05, 4.69) is 0 Å². The van der Waals surface area contributed by atoms with Crippen LogP contribution in [0.4, 0.5) is 10.1 Å². The SMILES string of the molecule is CCC(=O)c1ccc(C(=O)N2CCc3c2cc(C)c([C@H](OC(C)(C)C)C(=O)O)c3-c2cc(F)c3c(c2C)CCCO3)cc1. The van der Waals surface area contributed by atoms with Crippen LogP contribution in [-0.4, -0.2) is 41.5 Å². The van der Waals surface area contributed by atoms with Crippen molar-refractivity contribution >= 4 is 23.3 Å². The summed E-state index contributed by atoms with van der Waals surface area (Å²) in [4.78, 5) is 40.3. The molecule has 1 atom stereocenters. The lowest BCUT2D eigenvalue weighted by atomic mass is 9.83. The van der Waals surface area contributed by atoms with E-state index in [0.717, 1.165) is 23.1 Å². The lowest BCUT2D eigenvalue weighted by Gasteiger charge is -2.30. The van der Waals surface area contributed by atoms with Crippen LogP contribution in [0.25, 0.3) is 11.1 Å². The molecule has 8 heteroatoms. The summed E-state index contributed by atoms with van der Waals surface area (Å²) in [5.74, 6) is -1.61. The fourth-order valence-corrected chi connectivity index (χ4v) is 6.21. The van der Waals surface area contributed by atoms with E-state index in [-0.39, 0.29) is 17.4 Å². The van der Waals surface area contributed by atoms with Gasteiger partial charge in [0.1, 0.15) is 0 Å². The average molecular weight is 588 g/mol. The van der Waals surface area contributed by atoms with Crippen LogP contribution in [0.1, 0.15) is 95.2 Å². The highest BCUT2D eigenvalue weighted by Gasteiger charge is 2.37. The second-order valence-corrected chi connectivity index (χ2v) is 12.3. The van der Waals surface area contributed by atoms with Gasteiger partial charge >= 0.3 is 5.97 Å². The summed E-state index contributed by atoms with van der Waals surface area (Å²) < 4.78 is 27.4. The number of aliphatic carboxylic acids is 1. The molecule has 0 aliphatic carbocycles. The number of halogens is 1. The van der Waals surface area contributed by atoms with Gasteiger partial charge in [-0.3, -0.25) is 9.59 Å². The lowest BCUT2D eigenvalue weighted by molar-refractivity contribution is -0.160. The van der Waals surface area contributed by atoms with Crippen LogP contribution in [0.3, 0.4) is 0 Å². The summed E-state index contributed by atoms with van der Waals surface area (Å²) in [7, 11) is 0. The van der Waals surface area contributed by atoms with E-state index in [9.17, 15) is 19.5 Å². The fourth-order valence-electron chi connectivity index (χ4n) is 6.21. The number of amides is 1. The molecule has 2 aliphatic rings. The van der Waals surface area contributed by atoms with Crippen molar-refractivity contribution in [2.24, 2.45) is 0 Å². The Morgan fingerprint density at radius 2 is 1.72 bits per heavy atom. The highest BCUT2D eigenvalue weighted by Crippen LogP contribution is 2.47. The maximum Gasteiger partial charge on any atom is 0.337 e. The van der Waals surface area contributed by atoms with Crippen molar-refractivity contribution in [2.75, 3.05) is 18.1 Å². The molecular weight excluding hydrogens is 549 g/mol. The van der Waals surface area contributed by atoms with Gasteiger partial charge in [-0.1, -0.05) is 19.1 Å². The number of nitrogens with zero attached hydrogens (tertiary/aromatic N) is 1. The average Bonchev–Trinajstić information content (AvgIpc) is 3.39. The molecule has 1 N–H and O–H groups in total. The molecule has 0 bridgehead atoms. The molecule has 0 saturated heterocycles. The topological polar surface area (TPSA) is 93.1 Å². The van der Waals surface area contributed by atoms with Gasteiger partial charge in [-0.15, -0.1) is 0 Å². The summed E-state index contributed by atoms with van der Waals surface area (Å²) in [5, 5.41) is 10.4. The summed E-state index contributed by atoms with van der Waals surface area (Å²) >= 11 is 0. The van der Waals surface area contributed by atoms with E-state index in [0.29, 0.717) is 71.5 Å². The van der Waals surface area contributed by atoms with Gasteiger partial charge in [0, 0.05) is 40.9 Å². The molecule has 226 valence electrons. The van der Waals surface area contributed by atoms with Crippen molar-refractivity contribution in [3.63, 3.8) is 0 Å². The van der Waals surface area contributed by atoms with Gasteiger partial charge in [0.25, 0.3) is 5.91 Å². The Morgan fingerprint density at radius 1 is 1.05 bits per heavy atom. The molecule has 0 unspecified atom stereocenters. The number of carbonyl (C=O) groups is 3. The van der Waals surface area contributed by atoms with Crippen LogP contribution in [0, 0.1) is 19.7 Å². The molecule has 5 rings (SSSR count). The molecule has 2 aliphatic heterocycles. The molecule has 2 heterocycles. The van der Waals surface area contributed by atoms with E-state index in [4.69, 9.17) is 9.47 Å².